The average Bonchev–Trinajstić information content (AvgIpc) is 2.90. The number of hydrogen-bond acceptors (Lipinski definition) is 9. The average molecular weight is 567 g/mol. The normalized spacial score (nSPS) is 26.6. The van der Waals surface area contributed by atoms with Gasteiger partial charge in [0.1, 0.15) is 6.04 Å². The maximum Gasteiger partial charge on any atom is 0.242 e. The van der Waals surface area contributed by atoms with Crippen molar-refractivity contribution in [3.05, 3.63) is 45.2 Å². The van der Waals surface area contributed by atoms with Gasteiger partial charge in [-0.3, -0.25) is 29.0 Å². The third-order valence-corrected chi connectivity index (χ3v) is 9.11. The Morgan fingerprint density at radius 1 is 1.15 bits per heavy atom. The molecular weight excluding hydrogens is 528 g/mol. The topological polar surface area (TPSA) is 138 Å². The Morgan fingerprint density at radius 3 is 2.49 bits per heavy atom. The summed E-state index contributed by atoms with van der Waals surface area (Å²) in [6.07, 6.45) is 0.988. The van der Waals surface area contributed by atoms with Crippen LogP contribution in [0.2, 0.25) is 0 Å². The van der Waals surface area contributed by atoms with Gasteiger partial charge in [-0.15, -0.1) is 0 Å². The largest absolute Gasteiger partial charge is 0.504 e. The van der Waals surface area contributed by atoms with Gasteiger partial charge in [-0.1, -0.05) is 6.07 Å². The van der Waals surface area contributed by atoms with E-state index in [4.69, 9.17) is 9.47 Å². The molecule has 0 saturated carbocycles. The fourth-order valence-corrected chi connectivity index (χ4v) is 7.25. The van der Waals surface area contributed by atoms with E-state index in [-0.39, 0.29) is 59.2 Å². The van der Waals surface area contributed by atoms with Gasteiger partial charge in [-0.2, -0.15) is 0 Å². The summed E-state index contributed by atoms with van der Waals surface area (Å²) >= 11 is 0. The van der Waals surface area contributed by atoms with Crippen molar-refractivity contribution in [2.75, 3.05) is 34.4 Å². The van der Waals surface area contributed by atoms with Crippen molar-refractivity contribution < 1.29 is 33.8 Å². The molecule has 2 amide bonds. The summed E-state index contributed by atoms with van der Waals surface area (Å²) in [4.78, 5) is 56.4. The molecule has 5 rings (SSSR count). The van der Waals surface area contributed by atoms with E-state index in [2.05, 4.69) is 26.5 Å². The van der Waals surface area contributed by atoms with Crippen molar-refractivity contribution in [1.29, 1.82) is 0 Å². The van der Waals surface area contributed by atoms with Gasteiger partial charge in [0.05, 0.1) is 26.3 Å². The number of ketones is 2. The lowest BCUT2D eigenvalue weighted by Gasteiger charge is -2.58. The summed E-state index contributed by atoms with van der Waals surface area (Å²) in [5.41, 5.74) is 3.69. The number of allylic oxidation sites excluding steroid dienone is 2. The smallest absolute Gasteiger partial charge is 0.242 e. The van der Waals surface area contributed by atoms with Crippen molar-refractivity contribution in [3.8, 4) is 11.5 Å². The SMILES string of the molecule is COC1=C(C)C(=O)C2=C(C1=O)C(CNC(=O)[C@H](C)NC(C)=O)N1CC3Cc4cc(C)c(OC)c(O)c4C(C1C2)N3C. The molecule has 0 spiro atoms. The van der Waals surface area contributed by atoms with E-state index in [1.807, 2.05) is 14.0 Å². The molecule has 11 nitrogen and oxygen atoms in total. The lowest BCUT2D eigenvalue weighted by molar-refractivity contribution is -0.128. The van der Waals surface area contributed by atoms with Crippen LogP contribution in [-0.2, 0) is 30.3 Å². The van der Waals surface area contributed by atoms with Crippen LogP contribution in [0.25, 0.3) is 0 Å². The minimum Gasteiger partial charge on any atom is -0.504 e. The number of ether oxygens (including phenoxy) is 2. The molecule has 11 heteroatoms. The van der Waals surface area contributed by atoms with Gasteiger partial charge in [0.15, 0.2) is 23.0 Å². The van der Waals surface area contributed by atoms with E-state index in [9.17, 15) is 24.3 Å². The number of benzene rings is 1. The highest BCUT2D eigenvalue weighted by molar-refractivity contribution is 6.25. The van der Waals surface area contributed by atoms with E-state index in [0.717, 1.165) is 16.7 Å². The van der Waals surface area contributed by atoms with E-state index in [0.29, 0.717) is 36.3 Å². The number of rotatable bonds is 6. The van der Waals surface area contributed by atoms with Gasteiger partial charge < -0.3 is 25.2 Å². The molecule has 3 N–H and O–H groups in total. The number of hydrogen-bond donors (Lipinski definition) is 3. The van der Waals surface area contributed by atoms with Crippen LogP contribution in [0.1, 0.15) is 49.9 Å². The zero-order chi connectivity index (χ0) is 29.9. The zero-order valence-electron chi connectivity index (χ0n) is 24.6. The van der Waals surface area contributed by atoms with Crippen LogP contribution in [0.4, 0.5) is 0 Å². The Morgan fingerprint density at radius 2 is 1.85 bits per heavy atom. The highest BCUT2D eigenvalue weighted by Crippen LogP contribution is 2.52. The van der Waals surface area contributed by atoms with E-state index >= 15 is 0 Å². The van der Waals surface area contributed by atoms with Crippen molar-refractivity contribution in [1.82, 2.24) is 20.4 Å². The Labute approximate surface area is 239 Å². The monoisotopic (exact) mass is 566 g/mol. The molecule has 1 fully saturated rings. The van der Waals surface area contributed by atoms with Gasteiger partial charge in [0.2, 0.25) is 17.6 Å². The number of aromatic hydroxyl groups is 1. The Kier molecular flexibility index (Phi) is 7.46. The summed E-state index contributed by atoms with van der Waals surface area (Å²) in [7, 11) is 4.94. The second-order valence-electron chi connectivity index (χ2n) is 11.5. The van der Waals surface area contributed by atoms with Crippen LogP contribution in [0.3, 0.4) is 0 Å². The quantitative estimate of drug-likeness (QED) is 0.432. The molecule has 0 aromatic heterocycles. The summed E-state index contributed by atoms with van der Waals surface area (Å²) in [5, 5.41) is 16.9. The molecule has 1 saturated heterocycles. The number of nitrogens with one attached hydrogen (secondary N) is 2. The number of fused-ring (bicyclic) bond motifs is 6. The van der Waals surface area contributed by atoms with Crippen molar-refractivity contribution in [3.63, 3.8) is 0 Å². The Hall–Kier alpha value is -3.70. The number of carbonyl (C=O) groups is 4. The third-order valence-electron chi connectivity index (χ3n) is 9.11. The van der Waals surface area contributed by atoms with Gasteiger partial charge in [0.25, 0.3) is 0 Å². The predicted octanol–water partition coefficient (Wildman–Crippen LogP) is 1.07. The number of carbonyl (C=O) groups excluding carboxylic acids is 4. The van der Waals surface area contributed by atoms with Gasteiger partial charge in [0, 0.05) is 54.4 Å². The molecule has 1 aromatic rings. The number of likely N-dealkylation sites (N-methyl/N-ethyl adjacent to an activating group) is 1. The first-order chi connectivity index (χ1) is 19.4. The zero-order valence-corrected chi connectivity index (χ0v) is 24.6. The number of phenols is 1. The number of phenolic OH excluding ortho intramolecular Hbond substituents is 1. The number of methoxy groups -OCH3 is 2. The molecule has 3 aliphatic heterocycles. The highest BCUT2D eigenvalue weighted by Gasteiger charge is 2.54. The lowest BCUT2D eigenvalue weighted by atomic mass is 9.71. The second-order valence-corrected chi connectivity index (χ2v) is 11.5. The number of amides is 2. The van der Waals surface area contributed by atoms with E-state index in [1.54, 1.807) is 13.8 Å². The molecule has 0 radical (unpaired) electrons. The molecule has 41 heavy (non-hydrogen) atoms. The van der Waals surface area contributed by atoms with Crippen LogP contribution >= 0.6 is 0 Å². The van der Waals surface area contributed by atoms with Gasteiger partial charge in [-0.05, 0) is 51.8 Å². The van der Waals surface area contributed by atoms with Gasteiger partial charge in [-0.25, -0.2) is 0 Å². The Balaban J connectivity index is 1.60. The molecule has 5 atom stereocenters. The first kappa shape index (κ1) is 28.8. The predicted molar refractivity (Wildman–Crippen MR) is 149 cm³/mol. The summed E-state index contributed by atoms with van der Waals surface area (Å²) in [6, 6.07) is 0.208. The van der Waals surface area contributed by atoms with E-state index < -0.39 is 18.0 Å². The van der Waals surface area contributed by atoms with Crippen LogP contribution in [0, 0.1) is 6.92 Å². The maximum atomic E-state index is 13.8. The first-order valence-electron chi connectivity index (χ1n) is 13.9. The molecule has 2 bridgehead atoms. The minimum absolute atomic E-state index is 0.0210. The molecule has 1 aromatic carbocycles. The summed E-state index contributed by atoms with van der Waals surface area (Å²) in [6.45, 7) is 7.09. The maximum absolute atomic E-state index is 13.8. The standard InChI is InChI=1S/C30H38N4O7/c1-13-8-17-9-18-12-34-20(24(33(18)5)22(17)26(37)28(13)40-6)10-19-23(27(38)29(41-7)14(2)25(19)36)21(34)11-31-30(39)15(3)32-16(4)35/h8,15,18,20-21,24,37H,9-12H2,1-7H3,(H,31,39)(H,32,35)/t15-,18?,20?,21?,24?/m0/s1. The second kappa shape index (κ2) is 10.6. The van der Waals surface area contributed by atoms with Crippen LogP contribution < -0.4 is 15.4 Å². The number of piperazine rings is 1. The number of aryl methyl sites for hydroxylation is 1. The fraction of sp³-hybridized carbons (Fsp3) is 0.533. The minimum atomic E-state index is -0.771. The number of nitrogens with zero attached hydrogens (tertiary/aromatic N) is 2. The van der Waals surface area contributed by atoms with Crippen molar-refractivity contribution >= 4 is 23.4 Å². The molecular formula is C30H38N4O7. The van der Waals surface area contributed by atoms with Crippen LogP contribution in [0.5, 0.6) is 11.5 Å². The summed E-state index contributed by atoms with van der Waals surface area (Å²) < 4.78 is 10.9. The third kappa shape index (κ3) is 4.51. The van der Waals surface area contributed by atoms with Crippen LogP contribution in [0.15, 0.2) is 28.5 Å². The molecule has 1 aliphatic carbocycles. The lowest BCUT2D eigenvalue weighted by Crippen LogP contribution is -2.67. The van der Waals surface area contributed by atoms with Crippen LogP contribution in [-0.4, -0.2) is 96.8 Å². The van der Waals surface area contributed by atoms with E-state index in [1.165, 1.54) is 21.1 Å². The van der Waals surface area contributed by atoms with Crippen molar-refractivity contribution in [2.45, 2.75) is 70.7 Å². The first-order valence-corrected chi connectivity index (χ1v) is 13.9. The molecule has 220 valence electrons. The fourth-order valence-electron chi connectivity index (χ4n) is 7.25. The van der Waals surface area contributed by atoms with Gasteiger partial charge >= 0.3 is 0 Å². The molecule has 4 unspecified atom stereocenters. The van der Waals surface area contributed by atoms with Crippen molar-refractivity contribution in [2.24, 2.45) is 0 Å². The Bertz CT molecular complexity index is 1410. The highest BCUT2D eigenvalue weighted by atomic mass is 16.5. The molecule has 4 aliphatic rings. The summed E-state index contributed by atoms with van der Waals surface area (Å²) in [5.74, 6) is -0.779. The molecule has 3 heterocycles. The number of Topliss-reactive ketones (excluding diaryl/α,β-unsaturated/α-hetero) is 2.